The molecule has 4 rings (SSSR count). The second-order valence-corrected chi connectivity index (χ2v) is 8.94. The van der Waals surface area contributed by atoms with Gasteiger partial charge in [0.1, 0.15) is 24.3 Å². The van der Waals surface area contributed by atoms with Crippen molar-refractivity contribution >= 4 is 43.8 Å². The molecule has 0 saturated heterocycles. The molecule has 194 valence electrons. The van der Waals surface area contributed by atoms with E-state index in [1.54, 1.807) is 43.5 Å². The number of esters is 1. The highest BCUT2D eigenvalue weighted by atomic mass is 79.9. The van der Waals surface area contributed by atoms with Crippen molar-refractivity contribution in [3.8, 4) is 11.8 Å². The monoisotopic (exact) mass is 636 g/mol. The van der Waals surface area contributed by atoms with Crippen LogP contribution in [0.4, 0.5) is 0 Å². The molecule has 0 aliphatic rings. The number of halogens is 2. The van der Waals surface area contributed by atoms with Crippen LogP contribution in [0, 0.1) is 0 Å². The minimum Gasteiger partial charge on any atom is -0.477 e. The van der Waals surface area contributed by atoms with Gasteiger partial charge in [-0.1, -0.05) is 0 Å². The topological polar surface area (TPSA) is 143 Å². The van der Waals surface area contributed by atoms with E-state index in [1.165, 1.54) is 19.4 Å². The number of hydrogen-bond acceptors (Lipinski definition) is 9. The van der Waals surface area contributed by atoms with Crippen LogP contribution >= 0.6 is 31.9 Å². The number of aromatic nitrogens is 6. The maximum absolute atomic E-state index is 11.6. The molecule has 0 unspecified atom stereocenters. The summed E-state index contributed by atoms with van der Waals surface area (Å²) in [7, 11) is 1.32. The molecule has 37 heavy (non-hydrogen) atoms. The summed E-state index contributed by atoms with van der Waals surface area (Å²) in [5.74, 6) is -1.17. The molecule has 4 aromatic heterocycles. The number of carbonyl (C=O) groups excluding carboxylic acids is 1. The second-order valence-electron chi connectivity index (χ2n) is 7.11. The molecule has 0 amide bonds. The van der Waals surface area contributed by atoms with E-state index in [0.29, 0.717) is 40.8 Å². The minimum atomic E-state index is -1.07. The predicted molar refractivity (Wildman–Crippen MR) is 138 cm³/mol. The highest BCUT2D eigenvalue weighted by Crippen LogP contribution is 2.21. The molecule has 4 aromatic rings. The summed E-state index contributed by atoms with van der Waals surface area (Å²) in [6, 6.07) is 3.08. The molecule has 0 aliphatic carbocycles. The lowest BCUT2D eigenvalue weighted by Crippen LogP contribution is -2.11. The van der Waals surface area contributed by atoms with Gasteiger partial charge in [0.25, 0.3) is 0 Å². The molecule has 1 N–H and O–H groups in total. The van der Waals surface area contributed by atoms with Crippen LogP contribution in [0.3, 0.4) is 0 Å². The SMILES string of the molecule is COC(=O)c1cc(Br)cnc1OCCn1ccnc1.O=C(O)c1cc(Br)cnc1OCCn1ccnc1. The van der Waals surface area contributed by atoms with Crippen molar-refractivity contribution in [2.75, 3.05) is 20.3 Å². The van der Waals surface area contributed by atoms with Crippen LogP contribution in [-0.2, 0) is 17.8 Å². The average Bonchev–Trinajstić information content (AvgIpc) is 3.60. The number of ether oxygens (including phenoxy) is 3. The largest absolute Gasteiger partial charge is 0.477 e. The fourth-order valence-corrected chi connectivity index (χ4v) is 3.49. The third kappa shape index (κ3) is 8.68. The number of carboxylic acids is 1. The Labute approximate surface area is 228 Å². The van der Waals surface area contributed by atoms with Crippen molar-refractivity contribution in [3.63, 3.8) is 0 Å². The molecule has 0 spiro atoms. The zero-order valence-electron chi connectivity index (χ0n) is 19.5. The van der Waals surface area contributed by atoms with E-state index in [4.69, 9.17) is 14.6 Å². The highest BCUT2D eigenvalue weighted by Gasteiger charge is 2.15. The summed E-state index contributed by atoms with van der Waals surface area (Å²) in [5.41, 5.74) is 0.331. The van der Waals surface area contributed by atoms with Crippen molar-refractivity contribution in [2.24, 2.45) is 0 Å². The lowest BCUT2D eigenvalue weighted by molar-refractivity contribution is 0.0593. The summed E-state index contributed by atoms with van der Waals surface area (Å²) in [5, 5.41) is 9.02. The van der Waals surface area contributed by atoms with Crippen LogP contribution in [0.2, 0.25) is 0 Å². The van der Waals surface area contributed by atoms with Crippen LogP contribution in [0.5, 0.6) is 11.8 Å². The van der Waals surface area contributed by atoms with Crippen LogP contribution in [0.15, 0.2) is 70.9 Å². The molecule has 4 heterocycles. The van der Waals surface area contributed by atoms with Crippen LogP contribution < -0.4 is 9.47 Å². The number of hydrogen-bond donors (Lipinski definition) is 1. The molecular formula is C23H22Br2N6O6. The number of pyridine rings is 2. The molecule has 0 radical (unpaired) electrons. The maximum atomic E-state index is 11.6. The third-order valence-electron chi connectivity index (χ3n) is 4.57. The number of aromatic carboxylic acids is 1. The molecule has 0 fully saturated rings. The number of carbonyl (C=O) groups is 2. The Morgan fingerprint density at radius 2 is 1.35 bits per heavy atom. The van der Waals surface area contributed by atoms with Gasteiger partial charge in [-0.3, -0.25) is 0 Å². The zero-order chi connectivity index (χ0) is 26.6. The average molecular weight is 638 g/mol. The molecule has 0 saturated carbocycles. The first-order valence-corrected chi connectivity index (χ1v) is 12.3. The Bertz CT molecular complexity index is 1300. The first-order chi connectivity index (χ1) is 17.9. The molecule has 12 nitrogen and oxygen atoms in total. The molecule has 0 atom stereocenters. The summed E-state index contributed by atoms with van der Waals surface area (Å²) in [4.78, 5) is 38.5. The highest BCUT2D eigenvalue weighted by molar-refractivity contribution is 9.10. The van der Waals surface area contributed by atoms with Gasteiger partial charge in [0.2, 0.25) is 11.8 Å². The lowest BCUT2D eigenvalue weighted by Gasteiger charge is -2.09. The Morgan fingerprint density at radius 1 is 0.865 bits per heavy atom. The number of imidazole rings is 2. The number of carboxylic acid groups (broad SMARTS) is 1. The van der Waals surface area contributed by atoms with Crippen molar-refractivity contribution in [1.82, 2.24) is 29.1 Å². The van der Waals surface area contributed by atoms with Crippen LogP contribution in [-0.4, -0.2) is 66.4 Å². The van der Waals surface area contributed by atoms with Gasteiger partial charge in [0.15, 0.2) is 0 Å². The first-order valence-electron chi connectivity index (χ1n) is 10.7. The Hall–Kier alpha value is -3.78. The lowest BCUT2D eigenvalue weighted by atomic mass is 10.3. The summed E-state index contributed by atoms with van der Waals surface area (Å²) < 4.78 is 20.6. The zero-order valence-corrected chi connectivity index (χ0v) is 22.7. The van der Waals surface area contributed by atoms with Crippen molar-refractivity contribution < 1.29 is 28.9 Å². The third-order valence-corrected chi connectivity index (χ3v) is 5.43. The summed E-state index contributed by atoms with van der Waals surface area (Å²) >= 11 is 6.43. The van der Waals surface area contributed by atoms with Crippen molar-refractivity contribution in [2.45, 2.75) is 13.1 Å². The van der Waals surface area contributed by atoms with Gasteiger partial charge in [-0.15, -0.1) is 0 Å². The van der Waals surface area contributed by atoms with Gasteiger partial charge in [-0.2, -0.15) is 0 Å². The molecule has 0 bridgehead atoms. The van der Waals surface area contributed by atoms with Crippen molar-refractivity contribution in [1.29, 1.82) is 0 Å². The Balaban J connectivity index is 0.000000206. The smallest absolute Gasteiger partial charge is 0.343 e. The number of rotatable bonds is 10. The Morgan fingerprint density at radius 3 is 1.78 bits per heavy atom. The summed E-state index contributed by atoms with van der Waals surface area (Å²) in [6.07, 6.45) is 13.4. The van der Waals surface area contributed by atoms with E-state index in [9.17, 15) is 9.59 Å². The number of methoxy groups -OCH3 is 1. The van der Waals surface area contributed by atoms with E-state index in [0.717, 1.165) is 0 Å². The molecular weight excluding hydrogens is 616 g/mol. The fraction of sp³-hybridized carbons (Fsp3) is 0.217. The van der Waals surface area contributed by atoms with Gasteiger partial charge in [-0.05, 0) is 44.0 Å². The fourth-order valence-electron chi connectivity index (χ4n) is 2.83. The molecule has 0 aromatic carbocycles. The molecule has 14 heteroatoms. The number of nitrogens with zero attached hydrogens (tertiary/aromatic N) is 6. The van der Waals surface area contributed by atoms with Gasteiger partial charge in [-0.25, -0.2) is 29.5 Å². The maximum Gasteiger partial charge on any atom is 0.343 e. The Kier molecular flexibility index (Phi) is 10.6. The second kappa shape index (κ2) is 14.1. The van der Waals surface area contributed by atoms with E-state index >= 15 is 0 Å². The quantitative estimate of drug-likeness (QED) is 0.255. The molecule has 0 aliphatic heterocycles. The summed E-state index contributed by atoms with van der Waals surface area (Å²) in [6.45, 7) is 1.91. The van der Waals surface area contributed by atoms with E-state index < -0.39 is 11.9 Å². The van der Waals surface area contributed by atoms with Gasteiger partial charge >= 0.3 is 11.9 Å². The first kappa shape index (κ1) is 27.8. The van der Waals surface area contributed by atoms with Crippen molar-refractivity contribution in [3.05, 3.63) is 82.0 Å². The van der Waals surface area contributed by atoms with Gasteiger partial charge < -0.3 is 28.5 Å². The van der Waals surface area contributed by atoms with Gasteiger partial charge in [0.05, 0.1) is 32.9 Å². The van der Waals surface area contributed by atoms with Gasteiger partial charge in [0, 0.05) is 46.1 Å². The van der Waals surface area contributed by atoms with Crippen LogP contribution in [0.1, 0.15) is 20.7 Å². The van der Waals surface area contributed by atoms with Crippen LogP contribution in [0.25, 0.3) is 0 Å². The standard InChI is InChI=1S/C12H12BrN3O3.C11H10BrN3O3/c1-18-12(17)10-6-9(13)7-15-11(10)19-5-4-16-3-2-14-8-16;12-8-5-9(11(16)17)10(14-6-8)18-4-3-15-2-1-13-7-15/h2-3,6-8H,4-5H2,1H3;1-2,5-7H,3-4H2,(H,16,17). The van der Waals surface area contributed by atoms with E-state index in [1.807, 2.05) is 15.3 Å². The van der Waals surface area contributed by atoms with E-state index in [-0.39, 0.29) is 17.3 Å². The normalized spacial score (nSPS) is 10.2. The predicted octanol–water partition coefficient (Wildman–Crippen LogP) is 3.72. The van der Waals surface area contributed by atoms with E-state index in [2.05, 4.69) is 56.5 Å². The minimum absolute atomic E-state index is 0.0370.